The lowest BCUT2D eigenvalue weighted by molar-refractivity contribution is 0.484. The third-order valence-electron chi connectivity index (χ3n) is 4.71. The highest BCUT2D eigenvalue weighted by atomic mass is 79.9. The van der Waals surface area contributed by atoms with E-state index in [9.17, 15) is 0 Å². The molecule has 0 aliphatic heterocycles. The van der Waals surface area contributed by atoms with Crippen LogP contribution in [-0.2, 0) is 0 Å². The van der Waals surface area contributed by atoms with Gasteiger partial charge in [-0.2, -0.15) is 10.1 Å². The van der Waals surface area contributed by atoms with Gasteiger partial charge in [0.05, 0.1) is 22.4 Å². The van der Waals surface area contributed by atoms with Crippen LogP contribution in [0.5, 0.6) is 11.5 Å². The highest BCUT2D eigenvalue weighted by Crippen LogP contribution is 2.34. The summed E-state index contributed by atoms with van der Waals surface area (Å²) in [5.74, 6) is 1.94. The molecule has 0 atom stereocenters. The van der Waals surface area contributed by atoms with E-state index in [1.807, 2.05) is 54.6 Å². The largest absolute Gasteiger partial charge is 0.456 e. The van der Waals surface area contributed by atoms with Crippen molar-refractivity contribution in [3.05, 3.63) is 82.4 Å². The van der Waals surface area contributed by atoms with E-state index in [0.717, 1.165) is 26.6 Å². The van der Waals surface area contributed by atoms with E-state index in [4.69, 9.17) is 22.1 Å². The topological polar surface area (TPSA) is 102 Å². The number of ether oxygens (including phenoxy) is 1. The number of benzene rings is 3. The van der Waals surface area contributed by atoms with E-state index in [1.165, 1.54) is 0 Å². The van der Waals surface area contributed by atoms with Crippen LogP contribution in [0.1, 0.15) is 0 Å². The van der Waals surface area contributed by atoms with Crippen molar-refractivity contribution < 1.29 is 4.74 Å². The summed E-state index contributed by atoms with van der Waals surface area (Å²) in [6.45, 7) is 0. The Kier molecular flexibility index (Phi) is 5.38. The lowest BCUT2D eigenvalue weighted by Crippen LogP contribution is -2.01. The zero-order valence-corrected chi connectivity index (χ0v) is 18.9. The van der Waals surface area contributed by atoms with Gasteiger partial charge in [-0.3, -0.25) is 5.10 Å². The number of nitrogens with zero attached hydrogens (tertiary/aromatic N) is 3. The predicted octanol–water partition coefficient (Wildman–Crippen LogP) is 6.55. The quantitative estimate of drug-likeness (QED) is 0.249. The number of rotatable bonds is 5. The Morgan fingerprint density at radius 3 is 2.75 bits per heavy atom. The van der Waals surface area contributed by atoms with Gasteiger partial charge in [0.2, 0.25) is 5.95 Å². The summed E-state index contributed by atoms with van der Waals surface area (Å²) in [5, 5.41) is 11.6. The number of fused-ring (bicyclic) bond motifs is 1. The molecule has 0 aliphatic carbocycles. The molecule has 4 N–H and O–H groups in total. The number of nitrogens with two attached hydrogens (primary N) is 1. The van der Waals surface area contributed by atoms with Gasteiger partial charge in [0.25, 0.3) is 0 Å². The van der Waals surface area contributed by atoms with Gasteiger partial charge >= 0.3 is 0 Å². The smallest absolute Gasteiger partial charge is 0.222 e. The van der Waals surface area contributed by atoms with Crippen LogP contribution >= 0.6 is 27.5 Å². The first kappa shape index (κ1) is 20.3. The Balaban J connectivity index is 1.37. The van der Waals surface area contributed by atoms with Gasteiger partial charge in [0.15, 0.2) is 0 Å². The zero-order valence-electron chi connectivity index (χ0n) is 16.5. The molecule has 2 heterocycles. The summed E-state index contributed by atoms with van der Waals surface area (Å²) >= 11 is 9.95. The molecule has 0 saturated carbocycles. The first-order valence-corrected chi connectivity index (χ1v) is 10.8. The van der Waals surface area contributed by atoms with Crippen molar-refractivity contribution in [2.75, 3.05) is 11.1 Å². The molecule has 158 valence electrons. The molecule has 3 aromatic carbocycles. The number of hydrogen-bond donors (Lipinski definition) is 3. The molecule has 0 unspecified atom stereocenters. The molecule has 0 radical (unpaired) electrons. The Labute approximate surface area is 196 Å². The fraction of sp³-hybridized carbons (Fsp3) is 0. The maximum atomic E-state index is 6.47. The molecule has 0 saturated heterocycles. The van der Waals surface area contributed by atoms with Gasteiger partial charge in [0, 0.05) is 27.2 Å². The molecule has 2 aromatic heterocycles. The van der Waals surface area contributed by atoms with Crippen molar-refractivity contribution in [1.29, 1.82) is 0 Å². The van der Waals surface area contributed by atoms with E-state index in [2.05, 4.69) is 41.4 Å². The van der Waals surface area contributed by atoms with Crippen LogP contribution in [0.15, 0.2) is 77.4 Å². The number of nitrogen functional groups attached to an aromatic ring is 1. The van der Waals surface area contributed by atoms with Gasteiger partial charge in [-0.1, -0.05) is 39.7 Å². The summed E-state index contributed by atoms with van der Waals surface area (Å²) in [6.07, 6.45) is 1.74. The van der Waals surface area contributed by atoms with E-state index < -0.39 is 0 Å². The maximum absolute atomic E-state index is 6.47. The molecule has 0 fully saturated rings. The number of hydrogen-bond acceptors (Lipinski definition) is 6. The van der Waals surface area contributed by atoms with Crippen molar-refractivity contribution in [3.8, 4) is 22.8 Å². The number of aromatic nitrogens is 4. The van der Waals surface area contributed by atoms with Crippen molar-refractivity contribution >= 4 is 55.9 Å². The van der Waals surface area contributed by atoms with Crippen molar-refractivity contribution in [2.45, 2.75) is 0 Å². The maximum Gasteiger partial charge on any atom is 0.222 e. The first-order chi connectivity index (χ1) is 15.5. The molecule has 0 aliphatic rings. The van der Waals surface area contributed by atoms with Crippen molar-refractivity contribution in [1.82, 2.24) is 20.2 Å². The van der Waals surface area contributed by atoms with Gasteiger partial charge < -0.3 is 15.8 Å². The first-order valence-electron chi connectivity index (χ1n) is 9.61. The standard InChI is InChI=1S/C23H16BrClN6O/c24-15-3-1-2-13(8-15)20-11-22(30-23(26)29-20)28-16-4-7-21(18(25)10-16)32-17-5-6-19-14(9-17)12-27-31-19/h1-12H,(H,27,31)(H3,26,28,29,30). The van der Waals surface area contributed by atoms with Crippen molar-refractivity contribution in [3.63, 3.8) is 0 Å². The van der Waals surface area contributed by atoms with Gasteiger partial charge in [-0.05, 0) is 48.5 Å². The highest BCUT2D eigenvalue weighted by Gasteiger charge is 2.09. The summed E-state index contributed by atoms with van der Waals surface area (Å²) in [7, 11) is 0. The molecular weight excluding hydrogens is 492 g/mol. The number of halogens is 2. The van der Waals surface area contributed by atoms with Gasteiger partial charge in [0.1, 0.15) is 17.3 Å². The summed E-state index contributed by atoms with van der Waals surface area (Å²) in [4.78, 5) is 8.62. The van der Waals surface area contributed by atoms with Crippen LogP contribution in [0.3, 0.4) is 0 Å². The monoisotopic (exact) mass is 506 g/mol. The fourth-order valence-electron chi connectivity index (χ4n) is 3.25. The molecule has 0 amide bonds. The molecule has 7 nitrogen and oxygen atoms in total. The average Bonchev–Trinajstić information content (AvgIpc) is 3.23. The molecule has 5 aromatic rings. The summed E-state index contributed by atoms with van der Waals surface area (Å²) in [6, 6.07) is 20.7. The molecule has 5 rings (SSSR count). The number of aromatic amines is 1. The lowest BCUT2D eigenvalue weighted by atomic mass is 10.1. The third kappa shape index (κ3) is 4.37. The van der Waals surface area contributed by atoms with Crippen LogP contribution in [0.2, 0.25) is 5.02 Å². The molecule has 9 heteroatoms. The zero-order chi connectivity index (χ0) is 22.1. The van der Waals surface area contributed by atoms with E-state index in [-0.39, 0.29) is 5.95 Å². The number of anilines is 3. The van der Waals surface area contributed by atoms with Crippen LogP contribution in [0, 0.1) is 0 Å². The minimum absolute atomic E-state index is 0.172. The predicted molar refractivity (Wildman–Crippen MR) is 130 cm³/mol. The Morgan fingerprint density at radius 1 is 1.00 bits per heavy atom. The van der Waals surface area contributed by atoms with E-state index >= 15 is 0 Å². The molecule has 0 spiro atoms. The Hall–Kier alpha value is -3.62. The normalized spacial score (nSPS) is 10.9. The van der Waals surface area contributed by atoms with Crippen LogP contribution in [-0.4, -0.2) is 20.2 Å². The van der Waals surface area contributed by atoms with E-state index in [1.54, 1.807) is 18.3 Å². The fourth-order valence-corrected chi connectivity index (χ4v) is 3.86. The van der Waals surface area contributed by atoms with Gasteiger partial charge in [-0.25, -0.2) is 4.98 Å². The summed E-state index contributed by atoms with van der Waals surface area (Å²) < 4.78 is 6.90. The number of H-pyrrole nitrogens is 1. The third-order valence-corrected chi connectivity index (χ3v) is 5.50. The minimum Gasteiger partial charge on any atom is -0.456 e. The summed E-state index contributed by atoms with van der Waals surface area (Å²) in [5.41, 5.74) is 9.25. The minimum atomic E-state index is 0.172. The molecular formula is C23H16BrClN6O. The van der Waals surface area contributed by atoms with E-state index in [0.29, 0.717) is 28.0 Å². The second kappa shape index (κ2) is 8.49. The SMILES string of the molecule is Nc1nc(Nc2ccc(Oc3ccc4[nH]ncc4c3)c(Cl)c2)cc(-c2cccc(Br)c2)n1. The van der Waals surface area contributed by atoms with Crippen LogP contribution in [0.25, 0.3) is 22.2 Å². The highest BCUT2D eigenvalue weighted by molar-refractivity contribution is 9.10. The van der Waals surface area contributed by atoms with Crippen LogP contribution < -0.4 is 15.8 Å². The average molecular weight is 508 g/mol. The second-order valence-corrected chi connectivity index (χ2v) is 8.32. The number of nitrogens with one attached hydrogen (secondary N) is 2. The second-order valence-electron chi connectivity index (χ2n) is 7.00. The van der Waals surface area contributed by atoms with Crippen molar-refractivity contribution in [2.24, 2.45) is 0 Å². The Morgan fingerprint density at radius 2 is 1.91 bits per heavy atom. The Bertz CT molecular complexity index is 1440. The van der Waals surface area contributed by atoms with Crippen LogP contribution in [0.4, 0.5) is 17.5 Å². The lowest BCUT2D eigenvalue weighted by Gasteiger charge is -2.12. The van der Waals surface area contributed by atoms with Gasteiger partial charge in [-0.15, -0.1) is 0 Å². The molecule has 32 heavy (non-hydrogen) atoms. The molecule has 0 bridgehead atoms.